The van der Waals surface area contributed by atoms with E-state index in [0.29, 0.717) is 12.2 Å². The van der Waals surface area contributed by atoms with Gasteiger partial charge in [0.05, 0.1) is 16.8 Å². The molecule has 0 saturated carbocycles. The molecule has 0 atom stereocenters. The molecular formula is C15H12Br2INO2. The Morgan fingerprint density at radius 1 is 1.24 bits per heavy atom. The molecule has 0 aliphatic rings. The molecule has 1 N–H and O–H groups in total. The standard InChI is InChI=1S/C15H12Br2INO2/c1-2-21-14-6-3-9(7-11(14)17)15(20)19-13-5-4-10(16)8-12(13)18/h3-8H,2H2,1H3,(H,19,20). The Balaban J connectivity index is 2.18. The van der Waals surface area contributed by atoms with Gasteiger partial charge in [0.25, 0.3) is 5.91 Å². The lowest BCUT2D eigenvalue weighted by Gasteiger charge is -2.10. The van der Waals surface area contributed by atoms with Gasteiger partial charge in [-0.1, -0.05) is 15.9 Å². The van der Waals surface area contributed by atoms with Gasteiger partial charge in [0.15, 0.2) is 0 Å². The lowest BCUT2D eigenvalue weighted by Crippen LogP contribution is -2.13. The van der Waals surface area contributed by atoms with Gasteiger partial charge in [-0.3, -0.25) is 4.79 Å². The normalized spacial score (nSPS) is 10.3. The average molecular weight is 525 g/mol. The van der Waals surface area contributed by atoms with E-state index in [9.17, 15) is 4.79 Å². The van der Waals surface area contributed by atoms with Gasteiger partial charge in [-0.05, 0) is 81.8 Å². The third-order valence-corrected chi connectivity index (χ3v) is 4.68. The second-order valence-corrected chi connectivity index (χ2v) is 7.09. The van der Waals surface area contributed by atoms with Crippen molar-refractivity contribution in [3.63, 3.8) is 0 Å². The number of anilines is 1. The Kier molecular flexibility index (Phi) is 6.07. The third-order valence-electron chi connectivity index (χ3n) is 2.67. The summed E-state index contributed by atoms with van der Waals surface area (Å²) in [7, 11) is 0. The number of amides is 1. The summed E-state index contributed by atoms with van der Waals surface area (Å²) in [4.78, 5) is 12.3. The maximum atomic E-state index is 12.3. The molecule has 0 fully saturated rings. The number of nitrogens with one attached hydrogen (secondary N) is 1. The zero-order chi connectivity index (χ0) is 15.4. The Morgan fingerprint density at radius 3 is 2.62 bits per heavy atom. The van der Waals surface area contributed by atoms with Crippen LogP contribution < -0.4 is 10.1 Å². The van der Waals surface area contributed by atoms with Gasteiger partial charge in [-0.25, -0.2) is 0 Å². The van der Waals surface area contributed by atoms with Crippen molar-refractivity contribution in [1.82, 2.24) is 0 Å². The van der Waals surface area contributed by atoms with Crippen molar-refractivity contribution in [2.45, 2.75) is 6.92 Å². The van der Waals surface area contributed by atoms with Crippen LogP contribution in [0.5, 0.6) is 5.75 Å². The minimum atomic E-state index is -0.154. The maximum absolute atomic E-state index is 12.3. The quantitative estimate of drug-likeness (QED) is 0.539. The average Bonchev–Trinajstić information content (AvgIpc) is 2.44. The minimum absolute atomic E-state index is 0.154. The van der Waals surface area contributed by atoms with Gasteiger partial charge in [0.2, 0.25) is 0 Å². The maximum Gasteiger partial charge on any atom is 0.255 e. The SMILES string of the molecule is CCOc1ccc(C(=O)Nc2ccc(Br)cc2I)cc1Br. The first-order chi connectivity index (χ1) is 10.0. The molecule has 0 radical (unpaired) electrons. The van der Waals surface area contributed by atoms with Crippen molar-refractivity contribution in [3.8, 4) is 5.75 Å². The monoisotopic (exact) mass is 523 g/mol. The molecule has 2 aromatic rings. The molecule has 2 rings (SSSR count). The molecule has 0 bridgehead atoms. The number of benzene rings is 2. The van der Waals surface area contributed by atoms with Gasteiger partial charge in [0.1, 0.15) is 5.75 Å². The number of carbonyl (C=O) groups excluding carboxylic acids is 1. The van der Waals surface area contributed by atoms with Crippen LogP contribution in [0.1, 0.15) is 17.3 Å². The summed E-state index contributed by atoms with van der Waals surface area (Å²) in [6, 6.07) is 11.0. The van der Waals surface area contributed by atoms with E-state index in [2.05, 4.69) is 59.8 Å². The van der Waals surface area contributed by atoms with E-state index in [1.165, 1.54) is 0 Å². The number of rotatable bonds is 4. The lowest BCUT2D eigenvalue weighted by molar-refractivity contribution is 0.102. The van der Waals surface area contributed by atoms with Crippen molar-refractivity contribution in [2.75, 3.05) is 11.9 Å². The molecule has 21 heavy (non-hydrogen) atoms. The van der Waals surface area contributed by atoms with Gasteiger partial charge in [0, 0.05) is 13.6 Å². The van der Waals surface area contributed by atoms with Crippen molar-refractivity contribution < 1.29 is 9.53 Å². The predicted octanol–water partition coefficient (Wildman–Crippen LogP) is 5.47. The van der Waals surface area contributed by atoms with E-state index in [4.69, 9.17) is 4.74 Å². The molecule has 2 aromatic carbocycles. The van der Waals surface area contributed by atoms with Crippen LogP contribution in [-0.4, -0.2) is 12.5 Å². The lowest BCUT2D eigenvalue weighted by atomic mass is 10.2. The summed E-state index contributed by atoms with van der Waals surface area (Å²) in [5.41, 5.74) is 1.36. The van der Waals surface area contributed by atoms with Gasteiger partial charge < -0.3 is 10.1 Å². The van der Waals surface area contributed by atoms with E-state index >= 15 is 0 Å². The van der Waals surface area contributed by atoms with Crippen LogP contribution in [0, 0.1) is 3.57 Å². The number of hydrogen-bond donors (Lipinski definition) is 1. The van der Waals surface area contributed by atoms with E-state index < -0.39 is 0 Å². The number of halogens is 3. The molecule has 3 nitrogen and oxygen atoms in total. The van der Waals surface area contributed by atoms with Crippen LogP contribution in [0.4, 0.5) is 5.69 Å². The zero-order valence-corrected chi connectivity index (χ0v) is 16.5. The molecule has 0 unspecified atom stereocenters. The zero-order valence-electron chi connectivity index (χ0n) is 11.1. The third kappa shape index (κ3) is 4.43. The molecule has 0 aromatic heterocycles. The summed E-state index contributed by atoms with van der Waals surface area (Å²) in [6.07, 6.45) is 0. The molecule has 0 aliphatic heterocycles. The summed E-state index contributed by atoms with van der Waals surface area (Å²) < 4.78 is 8.16. The van der Waals surface area contributed by atoms with E-state index in [1.807, 2.05) is 25.1 Å². The number of ether oxygens (including phenoxy) is 1. The first-order valence-electron chi connectivity index (χ1n) is 6.20. The first-order valence-corrected chi connectivity index (χ1v) is 8.86. The molecule has 110 valence electrons. The minimum Gasteiger partial charge on any atom is -0.493 e. The highest BCUT2D eigenvalue weighted by molar-refractivity contribution is 14.1. The molecule has 0 aliphatic carbocycles. The van der Waals surface area contributed by atoms with Crippen LogP contribution in [0.2, 0.25) is 0 Å². The van der Waals surface area contributed by atoms with Crippen molar-refractivity contribution in [1.29, 1.82) is 0 Å². The molecule has 1 amide bonds. The first kappa shape index (κ1) is 16.8. The van der Waals surface area contributed by atoms with Crippen molar-refractivity contribution >= 4 is 66.0 Å². The van der Waals surface area contributed by atoms with Crippen molar-refractivity contribution in [3.05, 3.63) is 54.5 Å². The fourth-order valence-corrected chi connectivity index (χ4v) is 3.63. The predicted molar refractivity (Wildman–Crippen MR) is 100 cm³/mol. The van der Waals surface area contributed by atoms with Crippen LogP contribution >= 0.6 is 54.5 Å². The largest absolute Gasteiger partial charge is 0.493 e. The Morgan fingerprint density at radius 2 is 2.00 bits per heavy atom. The highest BCUT2D eigenvalue weighted by Crippen LogP contribution is 2.27. The highest BCUT2D eigenvalue weighted by Gasteiger charge is 2.11. The molecule has 0 saturated heterocycles. The van der Waals surface area contributed by atoms with Crippen LogP contribution in [0.15, 0.2) is 45.3 Å². The van der Waals surface area contributed by atoms with E-state index in [1.54, 1.807) is 18.2 Å². The highest BCUT2D eigenvalue weighted by atomic mass is 127. The van der Waals surface area contributed by atoms with E-state index in [-0.39, 0.29) is 5.91 Å². The second-order valence-electron chi connectivity index (χ2n) is 4.16. The fraction of sp³-hybridized carbons (Fsp3) is 0.133. The number of hydrogen-bond acceptors (Lipinski definition) is 2. The topological polar surface area (TPSA) is 38.3 Å². The Hall–Kier alpha value is -0.600. The summed E-state index contributed by atoms with van der Waals surface area (Å²) in [5, 5.41) is 2.90. The van der Waals surface area contributed by atoms with E-state index in [0.717, 1.165) is 24.0 Å². The fourth-order valence-electron chi connectivity index (χ4n) is 1.70. The molecule has 0 heterocycles. The summed E-state index contributed by atoms with van der Waals surface area (Å²) in [5.74, 6) is 0.575. The van der Waals surface area contributed by atoms with Gasteiger partial charge >= 0.3 is 0 Å². The molecule has 6 heteroatoms. The smallest absolute Gasteiger partial charge is 0.255 e. The van der Waals surface area contributed by atoms with Crippen molar-refractivity contribution in [2.24, 2.45) is 0 Å². The molecule has 0 spiro atoms. The Labute approximate surface area is 153 Å². The number of carbonyl (C=O) groups is 1. The summed E-state index contributed by atoms with van der Waals surface area (Å²) >= 11 is 9.00. The van der Waals surface area contributed by atoms with Gasteiger partial charge in [-0.2, -0.15) is 0 Å². The van der Waals surface area contributed by atoms with Gasteiger partial charge in [-0.15, -0.1) is 0 Å². The van der Waals surface area contributed by atoms with Crippen LogP contribution in [-0.2, 0) is 0 Å². The Bertz CT molecular complexity index is 677. The summed E-state index contributed by atoms with van der Waals surface area (Å²) in [6.45, 7) is 2.50. The van der Waals surface area contributed by atoms with Crippen LogP contribution in [0.3, 0.4) is 0 Å². The second kappa shape index (κ2) is 7.60. The van der Waals surface area contributed by atoms with Crippen LogP contribution in [0.25, 0.3) is 0 Å². The molecular weight excluding hydrogens is 513 g/mol.